The summed E-state index contributed by atoms with van der Waals surface area (Å²) in [5.74, 6) is 0.610. The van der Waals surface area contributed by atoms with Crippen LogP contribution in [-0.4, -0.2) is 50.4 Å². The van der Waals surface area contributed by atoms with Gasteiger partial charge in [-0.3, -0.25) is 14.9 Å². The Morgan fingerprint density at radius 3 is 2.53 bits per heavy atom. The van der Waals surface area contributed by atoms with Crippen molar-refractivity contribution in [2.24, 2.45) is 0 Å². The van der Waals surface area contributed by atoms with Crippen LogP contribution in [0.3, 0.4) is 0 Å². The summed E-state index contributed by atoms with van der Waals surface area (Å²) in [4.78, 5) is 31.4. The van der Waals surface area contributed by atoms with Crippen molar-refractivity contribution in [2.45, 2.75) is 64.6 Å². The third-order valence-electron chi connectivity index (χ3n) is 5.82. The van der Waals surface area contributed by atoms with Crippen molar-refractivity contribution in [2.75, 3.05) is 16.8 Å². The van der Waals surface area contributed by atoms with Crippen molar-refractivity contribution >= 4 is 17.9 Å². The number of carbonyl (C=O) groups is 1. The molecule has 38 heavy (non-hydrogen) atoms. The first-order chi connectivity index (χ1) is 17.8. The van der Waals surface area contributed by atoms with E-state index < -0.39 is 29.5 Å². The fourth-order valence-electron chi connectivity index (χ4n) is 4.07. The molecule has 1 N–H and O–H groups in total. The van der Waals surface area contributed by atoms with Gasteiger partial charge < -0.3 is 14.8 Å². The molecule has 0 bridgehead atoms. The highest BCUT2D eigenvalue weighted by atomic mass is 19.4. The molecular formula is C26H29F3N6O3. The molecule has 1 fully saturated rings. The maximum absolute atomic E-state index is 13.0. The number of anilines is 2. The first-order valence-electron chi connectivity index (χ1n) is 12.0. The van der Waals surface area contributed by atoms with E-state index in [2.05, 4.69) is 25.3 Å². The number of cyclic esters (lactones) is 1. The van der Waals surface area contributed by atoms with Crippen molar-refractivity contribution < 1.29 is 27.4 Å². The number of aromatic nitrogens is 4. The van der Waals surface area contributed by atoms with Crippen LogP contribution in [0.5, 0.6) is 0 Å². The Morgan fingerprint density at radius 2 is 1.87 bits per heavy atom. The molecule has 9 nitrogen and oxygen atoms in total. The maximum Gasteiger partial charge on any atom is 0.416 e. The number of halogens is 3. The zero-order valence-electron chi connectivity index (χ0n) is 21.7. The van der Waals surface area contributed by atoms with Crippen molar-refractivity contribution in [3.05, 3.63) is 60.2 Å². The van der Waals surface area contributed by atoms with Gasteiger partial charge in [-0.2, -0.15) is 18.2 Å². The number of alkyl halides is 3. The van der Waals surface area contributed by atoms with Gasteiger partial charge in [-0.1, -0.05) is 12.1 Å². The van der Waals surface area contributed by atoms with Crippen LogP contribution < -0.4 is 10.2 Å². The summed E-state index contributed by atoms with van der Waals surface area (Å²) in [6.07, 6.45) is -0.846. The second-order valence-corrected chi connectivity index (χ2v) is 9.96. The Balaban J connectivity index is 1.48. The van der Waals surface area contributed by atoms with Crippen molar-refractivity contribution in [3.63, 3.8) is 0 Å². The molecule has 1 amide bonds. The number of nitrogens with zero attached hydrogens (tertiary/aromatic N) is 5. The van der Waals surface area contributed by atoms with Crippen LogP contribution in [0.15, 0.2) is 48.9 Å². The Hall–Kier alpha value is -3.80. The van der Waals surface area contributed by atoms with Gasteiger partial charge in [0.25, 0.3) is 0 Å². The summed E-state index contributed by atoms with van der Waals surface area (Å²) < 4.78 is 50.4. The Morgan fingerprint density at radius 1 is 1.11 bits per heavy atom. The quantitative estimate of drug-likeness (QED) is 0.418. The summed E-state index contributed by atoms with van der Waals surface area (Å²) in [5.41, 5.74) is 0.00181. The number of rotatable bonds is 7. The van der Waals surface area contributed by atoms with E-state index in [9.17, 15) is 18.0 Å². The molecular weight excluding hydrogens is 501 g/mol. The zero-order chi connectivity index (χ0) is 27.7. The number of hydrogen-bond acceptors (Lipinski definition) is 8. The standard InChI is InChI=1S/C26H29F3N6O3/c1-15(19-12-32-20(13-31-19)17-7-6-8-18(11-17)26(27,28)29)33-23-30-10-9-22(34-23)35-21(14-37-24(35)36)16(2)38-25(3,4)5/h6-13,15-16,21H,14H2,1-5H3,(H,30,33,34)/t15-,16+,21+/m0/s1. The highest BCUT2D eigenvalue weighted by Crippen LogP contribution is 2.32. The lowest BCUT2D eigenvalue weighted by molar-refractivity contribution is -0.137. The number of ether oxygens (including phenoxy) is 2. The molecule has 0 aliphatic carbocycles. The van der Waals surface area contributed by atoms with Crippen LogP contribution >= 0.6 is 0 Å². The predicted octanol–water partition coefficient (Wildman–Crippen LogP) is 5.65. The Bertz CT molecular complexity index is 1280. The second-order valence-electron chi connectivity index (χ2n) is 9.96. The topological polar surface area (TPSA) is 102 Å². The Kier molecular flexibility index (Phi) is 7.54. The van der Waals surface area contributed by atoms with E-state index in [1.165, 1.54) is 29.6 Å². The van der Waals surface area contributed by atoms with Crippen LogP contribution in [0, 0.1) is 0 Å². The van der Waals surface area contributed by atoms with Gasteiger partial charge in [0.1, 0.15) is 18.5 Å². The highest BCUT2D eigenvalue weighted by molar-refractivity contribution is 5.89. The molecule has 1 aliphatic rings. The molecule has 0 radical (unpaired) electrons. The lowest BCUT2D eigenvalue weighted by Gasteiger charge is -2.31. The monoisotopic (exact) mass is 530 g/mol. The zero-order valence-corrected chi connectivity index (χ0v) is 21.7. The molecule has 1 aromatic carbocycles. The summed E-state index contributed by atoms with van der Waals surface area (Å²) >= 11 is 0. The van der Waals surface area contributed by atoms with Crippen molar-refractivity contribution in [1.82, 2.24) is 19.9 Å². The van der Waals surface area contributed by atoms with E-state index in [4.69, 9.17) is 9.47 Å². The number of hydrogen-bond donors (Lipinski definition) is 1. The average molecular weight is 531 g/mol. The lowest BCUT2D eigenvalue weighted by Crippen LogP contribution is -2.45. The SMILES string of the molecule is C[C@H](Nc1nccc(N2C(=O)OC[C@@H]2[C@@H](C)OC(C)(C)C)n1)c1cnc(-c2cccc(C(F)(F)F)c2)cn1. The fourth-order valence-corrected chi connectivity index (χ4v) is 4.07. The molecule has 0 spiro atoms. The van der Waals surface area contributed by atoms with Crippen molar-refractivity contribution in [1.29, 1.82) is 0 Å². The molecule has 202 valence electrons. The minimum atomic E-state index is -4.44. The molecule has 1 aliphatic heterocycles. The van der Waals surface area contributed by atoms with Crippen molar-refractivity contribution in [3.8, 4) is 11.3 Å². The van der Waals surface area contributed by atoms with Gasteiger partial charge in [-0.15, -0.1) is 0 Å². The van der Waals surface area contributed by atoms with Crippen LogP contribution in [0.4, 0.5) is 29.7 Å². The summed E-state index contributed by atoms with van der Waals surface area (Å²) in [6.45, 7) is 9.69. The smallest absolute Gasteiger partial charge is 0.416 e. The normalized spacial score (nSPS) is 17.7. The average Bonchev–Trinajstić information content (AvgIpc) is 3.24. The number of benzene rings is 1. The second kappa shape index (κ2) is 10.5. The summed E-state index contributed by atoms with van der Waals surface area (Å²) in [6, 6.07) is 5.78. The van der Waals surface area contributed by atoms with Crippen LogP contribution in [0.25, 0.3) is 11.3 Å². The maximum atomic E-state index is 13.0. The molecule has 12 heteroatoms. The first kappa shape index (κ1) is 27.2. The largest absolute Gasteiger partial charge is 0.447 e. The first-order valence-corrected chi connectivity index (χ1v) is 12.0. The van der Waals surface area contributed by atoms with E-state index in [1.807, 2.05) is 34.6 Å². The van der Waals surface area contributed by atoms with Gasteiger partial charge >= 0.3 is 12.3 Å². The number of nitrogens with one attached hydrogen (secondary N) is 1. The third-order valence-corrected chi connectivity index (χ3v) is 5.82. The molecule has 2 aromatic heterocycles. The molecule has 1 saturated heterocycles. The van der Waals surface area contributed by atoms with Crippen LogP contribution in [-0.2, 0) is 15.7 Å². The molecule has 0 unspecified atom stereocenters. The van der Waals surface area contributed by atoms with E-state index >= 15 is 0 Å². The van der Waals surface area contributed by atoms with Gasteiger partial charge in [0.2, 0.25) is 5.95 Å². The number of carbonyl (C=O) groups excluding carboxylic acids is 1. The Labute approximate surface area is 218 Å². The highest BCUT2D eigenvalue weighted by Gasteiger charge is 2.40. The molecule has 0 saturated carbocycles. The van der Waals surface area contributed by atoms with E-state index in [1.54, 1.807) is 12.1 Å². The van der Waals surface area contributed by atoms with Gasteiger partial charge in [0, 0.05) is 11.8 Å². The molecule has 3 aromatic rings. The van der Waals surface area contributed by atoms with Gasteiger partial charge in [-0.05, 0) is 52.8 Å². The van der Waals surface area contributed by atoms with E-state index in [0.717, 1.165) is 12.1 Å². The lowest BCUT2D eigenvalue weighted by atomic mass is 10.1. The van der Waals surface area contributed by atoms with Gasteiger partial charge in [0.05, 0.1) is 47.1 Å². The minimum absolute atomic E-state index is 0.174. The molecule has 3 heterocycles. The predicted molar refractivity (Wildman–Crippen MR) is 134 cm³/mol. The van der Waals surface area contributed by atoms with Gasteiger partial charge in [0.15, 0.2) is 0 Å². The van der Waals surface area contributed by atoms with Gasteiger partial charge in [-0.25, -0.2) is 9.78 Å². The van der Waals surface area contributed by atoms with Crippen LogP contribution in [0.1, 0.15) is 51.9 Å². The summed E-state index contributed by atoms with van der Waals surface area (Å²) in [7, 11) is 0. The molecule has 4 rings (SSSR count). The number of amides is 1. The van der Waals surface area contributed by atoms with Crippen LogP contribution in [0.2, 0.25) is 0 Å². The van der Waals surface area contributed by atoms with E-state index in [0.29, 0.717) is 22.8 Å². The minimum Gasteiger partial charge on any atom is -0.447 e. The molecule has 3 atom stereocenters. The summed E-state index contributed by atoms with van der Waals surface area (Å²) in [5, 5.41) is 3.12. The fraction of sp³-hybridized carbons (Fsp3) is 0.423. The van der Waals surface area contributed by atoms with E-state index in [-0.39, 0.29) is 24.7 Å². The third kappa shape index (κ3) is 6.36.